The highest BCUT2D eigenvalue weighted by atomic mass is 32.2. The summed E-state index contributed by atoms with van der Waals surface area (Å²) in [6.07, 6.45) is 4.01. The lowest BCUT2D eigenvalue weighted by Crippen LogP contribution is -2.47. The van der Waals surface area contributed by atoms with E-state index in [-0.39, 0.29) is 11.9 Å². The summed E-state index contributed by atoms with van der Waals surface area (Å²) in [7, 11) is 0. The Bertz CT molecular complexity index is 858. The molecule has 0 unspecified atom stereocenters. The number of nitrogens with one attached hydrogen (secondary N) is 1. The molecule has 0 radical (unpaired) electrons. The maximum absolute atomic E-state index is 12.4. The van der Waals surface area contributed by atoms with E-state index in [1.54, 1.807) is 23.1 Å². The molecule has 1 fully saturated rings. The van der Waals surface area contributed by atoms with Crippen LogP contribution in [0.2, 0.25) is 0 Å². The minimum absolute atomic E-state index is 0.0762. The van der Waals surface area contributed by atoms with Gasteiger partial charge in [-0.25, -0.2) is 9.97 Å². The molecule has 1 aliphatic heterocycles. The summed E-state index contributed by atoms with van der Waals surface area (Å²) in [6.45, 7) is 1.78. The summed E-state index contributed by atoms with van der Waals surface area (Å²) < 4.78 is 2.13. The molecule has 1 saturated heterocycles. The van der Waals surface area contributed by atoms with E-state index in [4.69, 9.17) is 4.98 Å². The van der Waals surface area contributed by atoms with E-state index in [2.05, 4.69) is 21.3 Å². The molecule has 5 nitrogen and oxygen atoms in total. The second-order valence-corrected chi connectivity index (χ2v) is 8.85. The fourth-order valence-corrected chi connectivity index (χ4v) is 5.22. The van der Waals surface area contributed by atoms with Crippen LogP contribution in [0.5, 0.6) is 0 Å². The molecule has 3 aromatic rings. The first kappa shape index (κ1) is 16.8. The number of thioether (sulfide) groups is 1. The van der Waals surface area contributed by atoms with Crippen molar-refractivity contribution in [3.63, 3.8) is 0 Å². The minimum Gasteiger partial charge on any atom is -0.346 e. The molecule has 1 aliphatic rings. The van der Waals surface area contributed by atoms with Crippen molar-refractivity contribution in [3.05, 3.63) is 35.3 Å². The fourth-order valence-electron chi connectivity index (χ4n) is 2.98. The van der Waals surface area contributed by atoms with Gasteiger partial charge in [-0.1, -0.05) is 35.2 Å². The standard InChI is InChI=1S/C17H18N4OS3/c1-23-17-20-13(10-24-17)15(22)18-11-5-4-8-21(9-11)16-19-12-6-2-3-7-14(12)25-16/h2-3,6-7,10-11H,4-5,8-9H2,1H3,(H,18,22)/t11-/m1/s1. The molecular weight excluding hydrogens is 372 g/mol. The van der Waals surface area contributed by atoms with E-state index in [9.17, 15) is 4.79 Å². The van der Waals surface area contributed by atoms with Crippen LogP contribution in [0.3, 0.4) is 0 Å². The lowest BCUT2D eigenvalue weighted by molar-refractivity contribution is 0.0928. The molecule has 0 spiro atoms. The Hall–Kier alpha value is -1.64. The maximum atomic E-state index is 12.4. The third kappa shape index (κ3) is 3.65. The lowest BCUT2D eigenvalue weighted by Gasteiger charge is -2.32. The predicted molar refractivity (Wildman–Crippen MR) is 106 cm³/mol. The first-order valence-electron chi connectivity index (χ1n) is 8.14. The highest BCUT2D eigenvalue weighted by Crippen LogP contribution is 2.30. The number of aromatic nitrogens is 2. The minimum atomic E-state index is -0.0762. The van der Waals surface area contributed by atoms with Gasteiger partial charge in [0.25, 0.3) is 5.91 Å². The zero-order valence-electron chi connectivity index (χ0n) is 13.8. The number of anilines is 1. The van der Waals surface area contributed by atoms with Gasteiger partial charge in [-0.15, -0.1) is 11.3 Å². The number of benzene rings is 1. The van der Waals surface area contributed by atoms with Crippen molar-refractivity contribution in [2.24, 2.45) is 0 Å². The second-order valence-electron chi connectivity index (χ2n) is 5.93. The first-order valence-corrected chi connectivity index (χ1v) is 11.1. The molecule has 1 N–H and O–H groups in total. The van der Waals surface area contributed by atoms with Crippen molar-refractivity contribution in [2.45, 2.75) is 23.2 Å². The largest absolute Gasteiger partial charge is 0.346 e. The molecule has 2 aromatic heterocycles. The summed E-state index contributed by atoms with van der Waals surface area (Å²) in [5.74, 6) is -0.0762. The van der Waals surface area contributed by atoms with Crippen LogP contribution in [0.1, 0.15) is 23.3 Å². The average molecular weight is 391 g/mol. The Morgan fingerprint density at radius 2 is 2.24 bits per heavy atom. The molecule has 1 aromatic carbocycles. The van der Waals surface area contributed by atoms with Gasteiger partial charge in [-0.3, -0.25) is 4.79 Å². The van der Waals surface area contributed by atoms with E-state index in [0.29, 0.717) is 5.69 Å². The Balaban J connectivity index is 1.44. The van der Waals surface area contributed by atoms with E-state index in [1.807, 2.05) is 29.8 Å². The van der Waals surface area contributed by atoms with E-state index < -0.39 is 0 Å². The SMILES string of the molecule is CSc1nc(C(=O)N[C@@H]2CCCN(c3nc4ccccc4s3)C2)cs1. The topological polar surface area (TPSA) is 58.1 Å². The van der Waals surface area contributed by atoms with Crippen molar-refractivity contribution in [3.8, 4) is 0 Å². The van der Waals surface area contributed by atoms with Crippen LogP contribution in [0.4, 0.5) is 5.13 Å². The van der Waals surface area contributed by atoms with Gasteiger partial charge in [-0.05, 0) is 31.2 Å². The molecule has 3 heterocycles. The Labute approximate surface area is 158 Å². The average Bonchev–Trinajstić information content (AvgIpc) is 3.28. The van der Waals surface area contributed by atoms with Gasteiger partial charge in [0.2, 0.25) is 0 Å². The number of nitrogens with zero attached hydrogens (tertiary/aromatic N) is 3. The van der Waals surface area contributed by atoms with Crippen LogP contribution in [0, 0.1) is 0 Å². The summed E-state index contributed by atoms with van der Waals surface area (Å²) in [5, 5.41) is 6.01. The van der Waals surface area contributed by atoms with E-state index in [1.165, 1.54) is 16.0 Å². The van der Waals surface area contributed by atoms with Crippen molar-refractivity contribution < 1.29 is 4.79 Å². The van der Waals surface area contributed by atoms with Gasteiger partial charge in [0.05, 0.1) is 10.2 Å². The van der Waals surface area contributed by atoms with Crippen molar-refractivity contribution >= 4 is 55.7 Å². The molecular formula is C17H18N4OS3. The molecule has 0 aliphatic carbocycles. The third-order valence-electron chi connectivity index (χ3n) is 4.20. The fraction of sp³-hybridized carbons (Fsp3) is 0.353. The number of rotatable bonds is 4. The van der Waals surface area contributed by atoms with Gasteiger partial charge < -0.3 is 10.2 Å². The molecule has 1 atom stereocenters. The monoisotopic (exact) mass is 390 g/mol. The number of hydrogen-bond acceptors (Lipinski definition) is 7. The van der Waals surface area contributed by atoms with Gasteiger partial charge >= 0.3 is 0 Å². The zero-order chi connectivity index (χ0) is 17.2. The third-order valence-corrected chi connectivity index (χ3v) is 7.16. The number of amides is 1. The predicted octanol–water partition coefficient (Wildman–Crippen LogP) is 3.87. The number of para-hydroxylation sites is 1. The van der Waals surface area contributed by atoms with Crippen LogP contribution >= 0.6 is 34.4 Å². The van der Waals surface area contributed by atoms with Crippen LogP contribution < -0.4 is 10.2 Å². The number of carbonyl (C=O) groups excluding carboxylic acids is 1. The number of carbonyl (C=O) groups is 1. The Morgan fingerprint density at radius 3 is 3.04 bits per heavy atom. The summed E-state index contributed by atoms with van der Waals surface area (Å²) in [6, 6.07) is 8.34. The molecule has 25 heavy (non-hydrogen) atoms. The highest BCUT2D eigenvalue weighted by Gasteiger charge is 2.24. The first-order chi connectivity index (χ1) is 12.2. The zero-order valence-corrected chi connectivity index (χ0v) is 16.2. The number of hydrogen-bond donors (Lipinski definition) is 1. The van der Waals surface area contributed by atoms with E-state index in [0.717, 1.165) is 40.9 Å². The van der Waals surface area contributed by atoms with Crippen LogP contribution in [-0.2, 0) is 0 Å². The van der Waals surface area contributed by atoms with Gasteiger partial charge in [0.15, 0.2) is 5.13 Å². The second kappa shape index (κ2) is 7.31. The number of thiazole rings is 2. The molecule has 4 rings (SSSR count). The quantitative estimate of drug-likeness (QED) is 0.685. The highest BCUT2D eigenvalue weighted by molar-refractivity contribution is 8.00. The van der Waals surface area contributed by atoms with Crippen molar-refractivity contribution in [1.29, 1.82) is 0 Å². The van der Waals surface area contributed by atoms with Gasteiger partial charge in [-0.2, -0.15) is 0 Å². The Morgan fingerprint density at radius 1 is 1.36 bits per heavy atom. The van der Waals surface area contributed by atoms with Gasteiger partial charge in [0.1, 0.15) is 10.0 Å². The van der Waals surface area contributed by atoms with Crippen LogP contribution in [-0.4, -0.2) is 41.3 Å². The molecule has 0 bridgehead atoms. The Kier molecular flexibility index (Phi) is 4.91. The van der Waals surface area contributed by atoms with Crippen molar-refractivity contribution in [1.82, 2.24) is 15.3 Å². The summed E-state index contributed by atoms with van der Waals surface area (Å²) in [4.78, 5) is 23.8. The molecule has 1 amide bonds. The number of piperidine rings is 1. The van der Waals surface area contributed by atoms with Crippen LogP contribution in [0.25, 0.3) is 10.2 Å². The summed E-state index contributed by atoms with van der Waals surface area (Å²) >= 11 is 4.79. The normalized spacial score (nSPS) is 17.8. The number of fused-ring (bicyclic) bond motifs is 1. The molecule has 0 saturated carbocycles. The van der Waals surface area contributed by atoms with Crippen LogP contribution in [0.15, 0.2) is 34.0 Å². The van der Waals surface area contributed by atoms with E-state index >= 15 is 0 Å². The van der Waals surface area contributed by atoms with Gasteiger partial charge in [0, 0.05) is 24.5 Å². The molecule has 8 heteroatoms. The maximum Gasteiger partial charge on any atom is 0.271 e. The lowest BCUT2D eigenvalue weighted by atomic mass is 10.1. The molecule has 130 valence electrons. The van der Waals surface area contributed by atoms with Crippen molar-refractivity contribution in [2.75, 3.05) is 24.2 Å². The smallest absolute Gasteiger partial charge is 0.271 e. The summed E-state index contributed by atoms with van der Waals surface area (Å²) in [5.41, 5.74) is 1.56.